The second-order valence-corrected chi connectivity index (χ2v) is 4.29. The summed E-state index contributed by atoms with van der Waals surface area (Å²) in [4.78, 5) is 15.8. The molecule has 4 nitrogen and oxygen atoms in total. The number of nitrogens with one attached hydrogen (secondary N) is 2. The van der Waals surface area contributed by atoms with Crippen molar-refractivity contribution in [2.24, 2.45) is 0 Å². The van der Waals surface area contributed by atoms with E-state index in [1.165, 1.54) is 0 Å². The summed E-state index contributed by atoms with van der Waals surface area (Å²) in [6.07, 6.45) is 1.95. The summed E-state index contributed by atoms with van der Waals surface area (Å²) in [5.41, 5.74) is 0.945. The maximum absolute atomic E-state index is 11.8. The van der Waals surface area contributed by atoms with E-state index in [4.69, 9.17) is 12.2 Å². The molecule has 2 N–H and O–H groups in total. The SMILES string of the molecule is O=C(Cc1ccccc1)NC(=S)Nc1ccccn1. The molecule has 1 aromatic carbocycles. The monoisotopic (exact) mass is 271 g/mol. The molecule has 0 bridgehead atoms. The van der Waals surface area contributed by atoms with Gasteiger partial charge in [0.1, 0.15) is 5.82 Å². The number of amides is 1. The largest absolute Gasteiger partial charge is 0.317 e. The van der Waals surface area contributed by atoms with Gasteiger partial charge in [0.15, 0.2) is 5.11 Å². The summed E-state index contributed by atoms with van der Waals surface area (Å²) in [6, 6.07) is 14.9. The van der Waals surface area contributed by atoms with E-state index in [0.717, 1.165) is 5.56 Å². The van der Waals surface area contributed by atoms with Crippen molar-refractivity contribution < 1.29 is 4.79 Å². The number of rotatable bonds is 3. The molecule has 0 atom stereocenters. The van der Waals surface area contributed by atoms with E-state index >= 15 is 0 Å². The molecule has 0 unspecified atom stereocenters. The fraction of sp³-hybridized carbons (Fsp3) is 0.0714. The number of benzene rings is 1. The van der Waals surface area contributed by atoms with Crippen LogP contribution in [-0.2, 0) is 11.2 Å². The van der Waals surface area contributed by atoms with E-state index in [-0.39, 0.29) is 11.0 Å². The molecule has 2 rings (SSSR count). The van der Waals surface area contributed by atoms with E-state index < -0.39 is 0 Å². The normalized spacial score (nSPS) is 9.68. The van der Waals surface area contributed by atoms with Crippen molar-refractivity contribution in [3.05, 3.63) is 60.3 Å². The van der Waals surface area contributed by atoms with Crippen LogP contribution in [-0.4, -0.2) is 16.0 Å². The molecular weight excluding hydrogens is 258 g/mol. The molecule has 0 saturated carbocycles. The lowest BCUT2D eigenvalue weighted by Crippen LogP contribution is -2.35. The Bertz CT molecular complexity index is 506. The Kier molecular flexibility index (Phi) is 4.58. The number of aromatic nitrogens is 1. The van der Waals surface area contributed by atoms with Crippen molar-refractivity contribution >= 4 is 29.1 Å². The molecule has 0 aliphatic heterocycles. The number of nitrogens with zero attached hydrogens (tertiary/aromatic N) is 1. The lowest BCUT2D eigenvalue weighted by Gasteiger charge is -2.08. The number of hydrogen-bond acceptors (Lipinski definition) is 3. The minimum atomic E-state index is -0.153. The van der Waals surface area contributed by atoms with Gasteiger partial charge in [-0.3, -0.25) is 4.79 Å². The molecule has 0 aliphatic rings. The topological polar surface area (TPSA) is 54.0 Å². The van der Waals surface area contributed by atoms with Crippen molar-refractivity contribution in [2.75, 3.05) is 5.32 Å². The van der Waals surface area contributed by atoms with Gasteiger partial charge in [0.25, 0.3) is 0 Å². The van der Waals surface area contributed by atoms with Gasteiger partial charge in [-0.2, -0.15) is 0 Å². The van der Waals surface area contributed by atoms with Crippen molar-refractivity contribution in [1.82, 2.24) is 10.3 Å². The second kappa shape index (κ2) is 6.61. The number of thiocarbonyl (C=S) groups is 1. The van der Waals surface area contributed by atoms with Crippen molar-refractivity contribution in [2.45, 2.75) is 6.42 Å². The molecule has 1 aromatic heterocycles. The summed E-state index contributed by atoms with van der Waals surface area (Å²) in [5.74, 6) is 0.451. The number of carbonyl (C=O) groups excluding carboxylic acids is 1. The molecule has 0 saturated heterocycles. The molecule has 5 heteroatoms. The predicted molar refractivity (Wildman–Crippen MR) is 78.7 cm³/mol. The first-order valence-electron chi connectivity index (χ1n) is 5.80. The van der Waals surface area contributed by atoms with Crippen LogP contribution in [0.1, 0.15) is 5.56 Å². The van der Waals surface area contributed by atoms with Crippen LogP contribution in [0.5, 0.6) is 0 Å². The maximum atomic E-state index is 11.8. The third-order valence-electron chi connectivity index (χ3n) is 2.37. The van der Waals surface area contributed by atoms with Crippen molar-refractivity contribution in [3.8, 4) is 0 Å². The molecule has 0 fully saturated rings. The minimum absolute atomic E-state index is 0.153. The van der Waals surface area contributed by atoms with Gasteiger partial charge in [-0.05, 0) is 29.9 Å². The Morgan fingerprint density at radius 3 is 2.53 bits per heavy atom. The minimum Gasteiger partial charge on any atom is -0.317 e. The van der Waals surface area contributed by atoms with Gasteiger partial charge in [0, 0.05) is 6.20 Å². The van der Waals surface area contributed by atoms with Crippen molar-refractivity contribution in [3.63, 3.8) is 0 Å². The van der Waals surface area contributed by atoms with Gasteiger partial charge in [-0.25, -0.2) is 4.98 Å². The molecule has 1 heterocycles. The first-order chi connectivity index (χ1) is 9.24. The average Bonchev–Trinajstić information content (AvgIpc) is 2.40. The highest BCUT2D eigenvalue weighted by Gasteiger charge is 2.05. The predicted octanol–water partition coefficient (Wildman–Crippen LogP) is 2.14. The summed E-state index contributed by atoms with van der Waals surface area (Å²) in [6.45, 7) is 0. The van der Waals surface area contributed by atoms with Crippen molar-refractivity contribution in [1.29, 1.82) is 0 Å². The summed E-state index contributed by atoms with van der Waals surface area (Å²) in [7, 11) is 0. The number of pyridine rings is 1. The van der Waals surface area contributed by atoms with E-state index in [2.05, 4.69) is 15.6 Å². The first kappa shape index (κ1) is 13.2. The molecule has 0 spiro atoms. The smallest absolute Gasteiger partial charge is 0.230 e. The summed E-state index contributed by atoms with van der Waals surface area (Å²) in [5, 5.41) is 5.71. The number of hydrogen-bond donors (Lipinski definition) is 2. The van der Waals surface area contributed by atoms with Gasteiger partial charge in [0.2, 0.25) is 5.91 Å². The number of anilines is 1. The molecular formula is C14H13N3OS. The highest BCUT2D eigenvalue weighted by Crippen LogP contribution is 2.01. The van der Waals surface area contributed by atoms with Gasteiger partial charge in [0.05, 0.1) is 6.42 Å². The zero-order valence-corrected chi connectivity index (χ0v) is 11.0. The Labute approximate surface area is 116 Å². The Morgan fingerprint density at radius 1 is 1.11 bits per heavy atom. The van der Waals surface area contributed by atoms with Crippen LogP contribution < -0.4 is 10.6 Å². The number of carbonyl (C=O) groups is 1. The molecule has 0 aliphatic carbocycles. The Balaban J connectivity index is 1.84. The van der Waals surface area contributed by atoms with Crippen LogP contribution in [0.25, 0.3) is 0 Å². The lowest BCUT2D eigenvalue weighted by atomic mass is 10.1. The van der Waals surface area contributed by atoms with Gasteiger partial charge >= 0.3 is 0 Å². The molecule has 19 heavy (non-hydrogen) atoms. The van der Waals surface area contributed by atoms with E-state index in [1.807, 2.05) is 42.5 Å². The third kappa shape index (κ3) is 4.48. The third-order valence-corrected chi connectivity index (χ3v) is 2.57. The highest BCUT2D eigenvalue weighted by atomic mass is 32.1. The fourth-order valence-electron chi connectivity index (χ4n) is 1.54. The standard InChI is InChI=1S/C14H13N3OS/c18-13(10-11-6-2-1-3-7-11)17-14(19)16-12-8-4-5-9-15-12/h1-9H,10H2,(H2,15,16,17,18,19). The van der Waals surface area contributed by atoms with E-state index in [9.17, 15) is 4.79 Å². The van der Waals surface area contributed by atoms with E-state index in [1.54, 1.807) is 12.3 Å². The zero-order valence-electron chi connectivity index (χ0n) is 10.2. The molecule has 1 amide bonds. The summed E-state index contributed by atoms with van der Waals surface area (Å²) >= 11 is 5.05. The Hall–Kier alpha value is -2.27. The maximum Gasteiger partial charge on any atom is 0.230 e. The lowest BCUT2D eigenvalue weighted by molar-refractivity contribution is -0.119. The van der Waals surface area contributed by atoms with Crippen LogP contribution in [0.3, 0.4) is 0 Å². The zero-order chi connectivity index (χ0) is 13.5. The summed E-state index contributed by atoms with van der Waals surface area (Å²) < 4.78 is 0. The van der Waals surface area contributed by atoms with Crippen LogP contribution >= 0.6 is 12.2 Å². The fourth-order valence-corrected chi connectivity index (χ4v) is 1.75. The van der Waals surface area contributed by atoms with Crippen LogP contribution in [0.2, 0.25) is 0 Å². The molecule has 2 aromatic rings. The molecule has 96 valence electrons. The highest BCUT2D eigenvalue weighted by molar-refractivity contribution is 7.80. The Morgan fingerprint density at radius 2 is 1.84 bits per heavy atom. The second-order valence-electron chi connectivity index (χ2n) is 3.88. The molecule has 0 radical (unpaired) electrons. The van der Waals surface area contributed by atoms with Gasteiger partial charge in [-0.1, -0.05) is 36.4 Å². The quantitative estimate of drug-likeness (QED) is 0.840. The van der Waals surface area contributed by atoms with Gasteiger partial charge < -0.3 is 10.6 Å². The average molecular weight is 271 g/mol. The first-order valence-corrected chi connectivity index (χ1v) is 6.20. The van der Waals surface area contributed by atoms with Gasteiger partial charge in [-0.15, -0.1) is 0 Å². The van der Waals surface area contributed by atoms with Crippen LogP contribution in [0, 0.1) is 0 Å². The van der Waals surface area contributed by atoms with Crippen LogP contribution in [0.15, 0.2) is 54.7 Å². The van der Waals surface area contributed by atoms with E-state index in [0.29, 0.717) is 12.2 Å². The van der Waals surface area contributed by atoms with Crippen LogP contribution in [0.4, 0.5) is 5.82 Å².